The summed E-state index contributed by atoms with van der Waals surface area (Å²) in [4.78, 5) is 3.86. The third kappa shape index (κ3) is 2.20. The monoisotopic (exact) mass is 222 g/mol. The van der Waals surface area contributed by atoms with Crippen LogP contribution in [0.3, 0.4) is 0 Å². The Morgan fingerprint density at radius 1 is 1.56 bits per heavy atom. The number of hydrogen-bond acceptors (Lipinski definition) is 3. The van der Waals surface area contributed by atoms with Gasteiger partial charge in [-0.1, -0.05) is 13.8 Å². The molecule has 0 amide bonds. The van der Waals surface area contributed by atoms with Gasteiger partial charge in [0.25, 0.3) is 0 Å². The van der Waals surface area contributed by atoms with Crippen molar-refractivity contribution in [2.75, 3.05) is 0 Å². The van der Waals surface area contributed by atoms with Crippen LogP contribution >= 0.6 is 0 Å². The van der Waals surface area contributed by atoms with E-state index < -0.39 is 17.3 Å². The first-order chi connectivity index (χ1) is 7.58. The average molecular weight is 222 g/mol. The van der Waals surface area contributed by atoms with Crippen molar-refractivity contribution in [3.63, 3.8) is 0 Å². The number of pyridine rings is 1. The van der Waals surface area contributed by atoms with Crippen molar-refractivity contribution >= 4 is 0 Å². The minimum atomic E-state index is -1.29. The fourth-order valence-electron chi connectivity index (χ4n) is 1.77. The van der Waals surface area contributed by atoms with Gasteiger partial charge in [0.05, 0.1) is 23.9 Å². The molecule has 16 heavy (non-hydrogen) atoms. The maximum absolute atomic E-state index is 12.7. The predicted molar refractivity (Wildman–Crippen MR) is 57.8 cm³/mol. The van der Waals surface area contributed by atoms with E-state index in [1.54, 1.807) is 6.92 Å². The summed E-state index contributed by atoms with van der Waals surface area (Å²) in [6, 6.07) is 4.75. The largest absolute Gasteiger partial charge is 0.382 e. The lowest BCUT2D eigenvalue weighted by Gasteiger charge is -2.30. The molecule has 0 fully saturated rings. The topological polar surface area (TPSA) is 56.9 Å². The standard InChI is InChI=1S/C12H15FN2O/c1-3-9(7-14)12(16,4-2)11-6-5-10(13)8-15-11/h5-6,8-9,16H,3-4H2,1-2H3. The Morgan fingerprint density at radius 3 is 2.62 bits per heavy atom. The summed E-state index contributed by atoms with van der Waals surface area (Å²) < 4.78 is 12.7. The van der Waals surface area contributed by atoms with Gasteiger partial charge in [-0.05, 0) is 25.0 Å². The zero-order chi connectivity index (χ0) is 12.2. The van der Waals surface area contributed by atoms with Crippen LogP contribution in [0.1, 0.15) is 32.4 Å². The zero-order valence-electron chi connectivity index (χ0n) is 9.44. The number of hydrogen-bond donors (Lipinski definition) is 1. The Morgan fingerprint density at radius 2 is 2.25 bits per heavy atom. The number of nitrogens with zero attached hydrogens (tertiary/aromatic N) is 2. The minimum absolute atomic E-state index is 0.352. The smallest absolute Gasteiger partial charge is 0.141 e. The SMILES string of the molecule is CCC(C#N)C(O)(CC)c1ccc(F)cn1. The van der Waals surface area contributed by atoms with E-state index in [2.05, 4.69) is 11.1 Å². The lowest BCUT2D eigenvalue weighted by atomic mass is 9.81. The van der Waals surface area contributed by atoms with Gasteiger partial charge >= 0.3 is 0 Å². The average Bonchev–Trinajstić information content (AvgIpc) is 2.31. The Kier molecular flexibility index (Phi) is 3.97. The van der Waals surface area contributed by atoms with E-state index in [0.29, 0.717) is 18.5 Å². The van der Waals surface area contributed by atoms with Gasteiger partial charge < -0.3 is 5.11 Å². The molecule has 0 spiro atoms. The van der Waals surface area contributed by atoms with Gasteiger partial charge in [0.15, 0.2) is 0 Å². The molecule has 1 heterocycles. The molecule has 0 saturated heterocycles. The highest BCUT2D eigenvalue weighted by molar-refractivity contribution is 5.17. The molecule has 0 aliphatic rings. The first-order valence-corrected chi connectivity index (χ1v) is 5.32. The van der Waals surface area contributed by atoms with E-state index in [0.717, 1.165) is 6.20 Å². The lowest BCUT2D eigenvalue weighted by molar-refractivity contribution is -0.0122. The molecule has 4 heteroatoms. The van der Waals surface area contributed by atoms with Crippen molar-refractivity contribution < 1.29 is 9.50 Å². The molecule has 0 saturated carbocycles. The third-order valence-electron chi connectivity index (χ3n) is 2.85. The van der Waals surface area contributed by atoms with Crippen LogP contribution < -0.4 is 0 Å². The third-order valence-corrected chi connectivity index (χ3v) is 2.85. The van der Waals surface area contributed by atoms with Crippen LogP contribution in [0.25, 0.3) is 0 Å². The van der Waals surface area contributed by atoms with Crippen LogP contribution in [-0.4, -0.2) is 10.1 Å². The maximum Gasteiger partial charge on any atom is 0.141 e. The second-order valence-electron chi connectivity index (χ2n) is 3.73. The summed E-state index contributed by atoms with van der Waals surface area (Å²) in [7, 11) is 0. The summed E-state index contributed by atoms with van der Waals surface area (Å²) in [5.74, 6) is -0.984. The summed E-state index contributed by atoms with van der Waals surface area (Å²) in [5.41, 5.74) is -0.943. The number of aromatic nitrogens is 1. The first-order valence-electron chi connectivity index (χ1n) is 5.32. The van der Waals surface area contributed by atoms with Crippen LogP contribution in [0.15, 0.2) is 18.3 Å². The quantitative estimate of drug-likeness (QED) is 0.850. The Balaban J connectivity index is 3.14. The van der Waals surface area contributed by atoms with Crippen LogP contribution in [0.5, 0.6) is 0 Å². The number of aliphatic hydroxyl groups is 1. The van der Waals surface area contributed by atoms with Crippen LogP contribution in [0, 0.1) is 23.1 Å². The minimum Gasteiger partial charge on any atom is -0.382 e. The summed E-state index contributed by atoms with van der Waals surface area (Å²) in [6.07, 6.45) is 1.96. The molecule has 1 rings (SSSR count). The molecule has 0 aliphatic heterocycles. The zero-order valence-corrected chi connectivity index (χ0v) is 9.44. The number of halogens is 1. The van der Waals surface area contributed by atoms with Crippen molar-refractivity contribution in [1.82, 2.24) is 4.98 Å². The molecule has 0 aliphatic carbocycles. The predicted octanol–water partition coefficient (Wildman–Crippen LogP) is 2.37. The fraction of sp³-hybridized carbons (Fsp3) is 0.500. The Bertz CT molecular complexity index is 385. The van der Waals surface area contributed by atoms with Crippen LogP contribution in [0.2, 0.25) is 0 Å². The van der Waals surface area contributed by atoms with Gasteiger partial charge in [0.1, 0.15) is 11.4 Å². The van der Waals surface area contributed by atoms with Gasteiger partial charge in [-0.25, -0.2) is 4.39 Å². The number of rotatable bonds is 4. The van der Waals surface area contributed by atoms with Crippen LogP contribution in [0.4, 0.5) is 4.39 Å². The highest BCUT2D eigenvalue weighted by atomic mass is 19.1. The van der Waals surface area contributed by atoms with Crippen molar-refractivity contribution in [2.45, 2.75) is 32.3 Å². The van der Waals surface area contributed by atoms with Gasteiger partial charge in [-0.3, -0.25) is 4.98 Å². The van der Waals surface area contributed by atoms with Crippen LogP contribution in [-0.2, 0) is 5.60 Å². The maximum atomic E-state index is 12.7. The molecule has 3 nitrogen and oxygen atoms in total. The van der Waals surface area contributed by atoms with Crippen molar-refractivity contribution in [1.29, 1.82) is 5.26 Å². The second-order valence-corrected chi connectivity index (χ2v) is 3.73. The van der Waals surface area contributed by atoms with Gasteiger partial charge in [-0.2, -0.15) is 5.26 Å². The molecule has 0 radical (unpaired) electrons. The van der Waals surface area contributed by atoms with Crippen molar-refractivity contribution in [2.24, 2.45) is 5.92 Å². The molecule has 86 valence electrons. The van der Waals surface area contributed by atoms with Crippen molar-refractivity contribution in [3.05, 3.63) is 29.8 Å². The summed E-state index contributed by atoms with van der Waals surface area (Å²) >= 11 is 0. The lowest BCUT2D eigenvalue weighted by Crippen LogP contribution is -2.34. The van der Waals surface area contributed by atoms with E-state index in [4.69, 9.17) is 5.26 Å². The van der Waals surface area contributed by atoms with E-state index in [-0.39, 0.29) is 0 Å². The molecular formula is C12H15FN2O. The fourth-order valence-corrected chi connectivity index (χ4v) is 1.77. The molecule has 1 N–H and O–H groups in total. The molecule has 1 aromatic rings. The highest BCUT2D eigenvalue weighted by Crippen LogP contribution is 2.33. The van der Waals surface area contributed by atoms with E-state index >= 15 is 0 Å². The van der Waals surface area contributed by atoms with Gasteiger partial charge in [0, 0.05) is 0 Å². The normalized spacial score (nSPS) is 16.2. The number of nitriles is 1. The molecule has 2 atom stereocenters. The van der Waals surface area contributed by atoms with E-state index in [9.17, 15) is 9.50 Å². The second kappa shape index (κ2) is 5.04. The molecular weight excluding hydrogens is 207 g/mol. The molecule has 2 unspecified atom stereocenters. The van der Waals surface area contributed by atoms with Gasteiger partial charge in [-0.15, -0.1) is 0 Å². The summed E-state index contributed by atoms with van der Waals surface area (Å²) in [6.45, 7) is 3.61. The highest BCUT2D eigenvalue weighted by Gasteiger charge is 2.37. The van der Waals surface area contributed by atoms with Gasteiger partial charge in [0.2, 0.25) is 0 Å². The van der Waals surface area contributed by atoms with E-state index in [1.807, 2.05) is 6.92 Å². The molecule has 0 aromatic carbocycles. The summed E-state index contributed by atoms with van der Waals surface area (Å²) in [5, 5.41) is 19.4. The molecule has 1 aromatic heterocycles. The molecule has 0 bridgehead atoms. The van der Waals surface area contributed by atoms with Crippen molar-refractivity contribution in [3.8, 4) is 6.07 Å². The Labute approximate surface area is 94.6 Å². The van der Waals surface area contributed by atoms with E-state index in [1.165, 1.54) is 12.1 Å². The first kappa shape index (κ1) is 12.6. The Hall–Kier alpha value is -1.47.